The fourth-order valence-electron chi connectivity index (χ4n) is 5.63. The van der Waals surface area contributed by atoms with Gasteiger partial charge < -0.3 is 24.4 Å². The lowest BCUT2D eigenvalue weighted by Crippen LogP contribution is -2.60. The van der Waals surface area contributed by atoms with E-state index in [0.29, 0.717) is 29.1 Å². The number of amides is 1. The van der Waals surface area contributed by atoms with Crippen LogP contribution in [0.2, 0.25) is 10.0 Å². The summed E-state index contributed by atoms with van der Waals surface area (Å²) in [6, 6.07) is 11.1. The van der Waals surface area contributed by atoms with Gasteiger partial charge in [-0.25, -0.2) is 9.18 Å². The number of carboxylic acid groups (broad SMARTS) is 1. The summed E-state index contributed by atoms with van der Waals surface area (Å²) in [6.45, 7) is 2.45. The van der Waals surface area contributed by atoms with E-state index >= 15 is 4.39 Å². The van der Waals surface area contributed by atoms with Gasteiger partial charge in [-0.2, -0.15) is 5.10 Å². The van der Waals surface area contributed by atoms with Crippen LogP contribution in [0.15, 0.2) is 54.9 Å². The first-order valence-electron chi connectivity index (χ1n) is 13.5. The van der Waals surface area contributed by atoms with E-state index in [4.69, 9.17) is 32.7 Å². The number of aromatic nitrogens is 2. The number of anilines is 1. The summed E-state index contributed by atoms with van der Waals surface area (Å²) >= 11 is 13.1. The second-order valence-electron chi connectivity index (χ2n) is 10.6. The van der Waals surface area contributed by atoms with E-state index < -0.39 is 17.7 Å². The van der Waals surface area contributed by atoms with Crippen molar-refractivity contribution in [1.82, 2.24) is 14.7 Å². The molecule has 1 N–H and O–H groups in total. The zero-order valence-corrected chi connectivity index (χ0v) is 25.0. The summed E-state index contributed by atoms with van der Waals surface area (Å²) in [6.07, 6.45) is 3.44. The summed E-state index contributed by atoms with van der Waals surface area (Å²) in [4.78, 5) is 28.9. The zero-order chi connectivity index (χ0) is 30.6. The molecule has 1 fully saturated rings. The predicted octanol–water partition coefficient (Wildman–Crippen LogP) is 6.11. The number of nitrogens with zero attached hydrogens (tertiary/aromatic N) is 4. The average molecular weight is 625 g/mol. The van der Waals surface area contributed by atoms with Gasteiger partial charge in [0.15, 0.2) is 6.73 Å². The molecule has 3 heterocycles. The minimum absolute atomic E-state index is 0.0555. The lowest BCUT2D eigenvalue weighted by atomic mass is 9.93. The highest BCUT2D eigenvalue weighted by atomic mass is 35.5. The van der Waals surface area contributed by atoms with Gasteiger partial charge in [0.25, 0.3) is 5.91 Å². The molecule has 1 amide bonds. The molecule has 0 spiro atoms. The van der Waals surface area contributed by atoms with Gasteiger partial charge >= 0.3 is 5.97 Å². The van der Waals surface area contributed by atoms with E-state index in [1.165, 1.54) is 4.90 Å². The van der Waals surface area contributed by atoms with Crippen molar-refractivity contribution in [3.05, 3.63) is 87.4 Å². The van der Waals surface area contributed by atoms with Crippen LogP contribution >= 0.6 is 23.2 Å². The number of rotatable bonds is 6. The second kappa shape index (κ2) is 11.2. The molecule has 0 saturated carbocycles. The number of aromatic carboxylic acids is 1. The summed E-state index contributed by atoms with van der Waals surface area (Å²) in [5.74, 6) is -1.92. The number of methoxy groups -OCH3 is 1. The predicted molar refractivity (Wildman–Crippen MR) is 160 cm³/mol. The fourth-order valence-corrected chi connectivity index (χ4v) is 6.28. The highest BCUT2D eigenvalue weighted by molar-refractivity contribution is 6.40. The van der Waals surface area contributed by atoms with Crippen molar-refractivity contribution >= 4 is 40.8 Å². The van der Waals surface area contributed by atoms with Crippen molar-refractivity contribution in [1.29, 1.82) is 0 Å². The number of ether oxygens (including phenoxy) is 2. The van der Waals surface area contributed by atoms with Gasteiger partial charge in [0, 0.05) is 49.2 Å². The largest absolute Gasteiger partial charge is 0.478 e. The Hall–Kier alpha value is -4.12. The van der Waals surface area contributed by atoms with E-state index in [0.717, 1.165) is 17.2 Å². The summed E-state index contributed by atoms with van der Waals surface area (Å²) in [7, 11) is 3.40. The number of carbonyl (C=O) groups excluding carboxylic acids is 1. The first-order chi connectivity index (χ1) is 20.6. The van der Waals surface area contributed by atoms with Crippen molar-refractivity contribution in [2.75, 3.05) is 25.3 Å². The molecular weight excluding hydrogens is 598 g/mol. The minimum atomic E-state index is -1.22. The third kappa shape index (κ3) is 5.09. The molecule has 12 heteroatoms. The Morgan fingerprint density at radius 2 is 1.86 bits per heavy atom. The van der Waals surface area contributed by atoms with E-state index in [-0.39, 0.29) is 52.2 Å². The topological polar surface area (TPSA) is 97.1 Å². The van der Waals surface area contributed by atoms with E-state index in [2.05, 4.69) is 5.10 Å². The molecule has 43 heavy (non-hydrogen) atoms. The molecular formula is C31H27Cl2FN4O5. The van der Waals surface area contributed by atoms with Crippen LogP contribution in [0.25, 0.3) is 22.3 Å². The van der Waals surface area contributed by atoms with Crippen molar-refractivity contribution in [2.45, 2.75) is 25.6 Å². The molecule has 0 radical (unpaired) electrons. The van der Waals surface area contributed by atoms with Crippen LogP contribution in [0.3, 0.4) is 0 Å². The summed E-state index contributed by atoms with van der Waals surface area (Å²) < 4.78 is 28.6. The molecule has 2 aliphatic heterocycles. The smallest absolute Gasteiger partial charge is 0.337 e. The maximum Gasteiger partial charge on any atom is 0.337 e. The third-order valence-corrected chi connectivity index (χ3v) is 8.62. The Morgan fingerprint density at radius 3 is 2.49 bits per heavy atom. The normalized spacial score (nSPS) is 17.7. The Kier molecular flexibility index (Phi) is 7.53. The van der Waals surface area contributed by atoms with Crippen LogP contribution in [0.1, 0.15) is 33.2 Å². The van der Waals surface area contributed by atoms with Gasteiger partial charge in [0.2, 0.25) is 0 Å². The van der Waals surface area contributed by atoms with Crippen molar-refractivity contribution < 1.29 is 28.6 Å². The van der Waals surface area contributed by atoms with Gasteiger partial charge in [-0.05, 0) is 36.8 Å². The molecule has 2 aliphatic rings. The van der Waals surface area contributed by atoms with E-state index in [1.54, 1.807) is 61.4 Å². The van der Waals surface area contributed by atoms with Crippen LogP contribution in [0.4, 0.5) is 10.1 Å². The maximum atomic E-state index is 15.5. The van der Waals surface area contributed by atoms with Crippen LogP contribution < -0.4 is 9.64 Å². The number of benzene rings is 3. The van der Waals surface area contributed by atoms with Crippen molar-refractivity contribution in [3.8, 4) is 28.0 Å². The molecule has 0 unspecified atom stereocenters. The number of hydrogen-bond donors (Lipinski definition) is 1. The lowest BCUT2D eigenvalue weighted by Gasteiger charge is -2.47. The Morgan fingerprint density at radius 1 is 1.12 bits per heavy atom. The first-order valence-corrected chi connectivity index (χ1v) is 14.2. The maximum absolute atomic E-state index is 15.5. The second-order valence-corrected chi connectivity index (χ2v) is 11.4. The SMILES string of the molecule is CO[C@H]1CN(c2cc(-c3cccc4c3OCN(C(=O)c3c(Cl)cc(-c5cnn(C)c5)cc3Cl)C4)c(F)cc2C(=O)O)[C@H]1C. The Labute approximate surface area is 256 Å². The molecule has 0 bridgehead atoms. The van der Waals surface area contributed by atoms with Crippen molar-refractivity contribution in [2.24, 2.45) is 7.05 Å². The average Bonchev–Trinajstić information content (AvgIpc) is 3.42. The van der Waals surface area contributed by atoms with Crippen LogP contribution in [-0.2, 0) is 18.3 Å². The number of hydrogen-bond acceptors (Lipinski definition) is 6. The Bertz CT molecular complexity index is 1750. The molecule has 222 valence electrons. The van der Waals surface area contributed by atoms with E-state index in [9.17, 15) is 14.7 Å². The molecule has 1 saturated heterocycles. The third-order valence-electron chi connectivity index (χ3n) is 8.03. The molecule has 6 rings (SSSR count). The number of fused-ring (bicyclic) bond motifs is 1. The molecule has 0 aliphatic carbocycles. The van der Waals surface area contributed by atoms with E-state index in [1.807, 2.05) is 18.0 Å². The van der Waals surface area contributed by atoms with Gasteiger partial charge in [-0.1, -0.05) is 41.4 Å². The zero-order valence-electron chi connectivity index (χ0n) is 23.5. The lowest BCUT2D eigenvalue weighted by molar-refractivity contribution is 0.0455. The monoisotopic (exact) mass is 624 g/mol. The molecule has 1 aromatic heterocycles. The van der Waals surface area contributed by atoms with Gasteiger partial charge in [-0.3, -0.25) is 9.48 Å². The Balaban J connectivity index is 1.31. The number of aryl methyl sites for hydroxylation is 1. The fraction of sp³-hybridized carbons (Fsp3) is 0.258. The van der Waals surface area contributed by atoms with Crippen LogP contribution in [0.5, 0.6) is 5.75 Å². The first kappa shape index (κ1) is 29.0. The van der Waals surface area contributed by atoms with Gasteiger partial charge in [0.1, 0.15) is 11.6 Å². The van der Waals surface area contributed by atoms with Gasteiger partial charge in [-0.15, -0.1) is 0 Å². The van der Waals surface area contributed by atoms with Crippen LogP contribution in [0, 0.1) is 5.82 Å². The number of carboxylic acids is 1. The number of para-hydroxylation sites is 1. The molecule has 3 aromatic carbocycles. The van der Waals surface area contributed by atoms with Gasteiger partial charge in [0.05, 0.1) is 51.7 Å². The van der Waals surface area contributed by atoms with Crippen molar-refractivity contribution in [3.63, 3.8) is 0 Å². The molecule has 4 aromatic rings. The minimum Gasteiger partial charge on any atom is -0.478 e. The molecule has 9 nitrogen and oxygen atoms in total. The number of carbonyl (C=O) groups is 2. The highest BCUT2D eigenvalue weighted by Crippen LogP contribution is 2.42. The summed E-state index contributed by atoms with van der Waals surface area (Å²) in [5.41, 5.74) is 3.25. The number of halogens is 3. The molecule has 2 atom stereocenters. The highest BCUT2D eigenvalue weighted by Gasteiger charge is 2.38. The summed E-state index contributed by atoms with van der Waals surface area (Å²) in [5, 5.41) is 14.4. The van der Waals surface area contributed by atoms with Crippen LogP contribution in [-0.4, -0.2) is 64.2 Å². The standard InChI is InChI=1S/C31H27Cl2FN4O5/c1-16-27(42-3)14-38(16)26-10-21(25(34)9-22(26)31(40)41)20-6-4-5-17-13-37(15-43-29(17)20)30(39)28-23(32)7-18(8-24(28)33)19-11-35-36(2)12-19/h4-12,16,27H,13-15H2,1-3H3,(H,40,41)/t16-,27-/m0/s1. The quantitative estimate of drug-likeness (QED) is 0.276.